The third kappa shape index (κ3) is 3.93. The highest BCUT2D eigenvalue weighted by atomic mass is 16.6. The molecule has 0 atom stereocenters. The number of aliphatic carboxylic acids is 1. The second kappa shape index (κ2) is 6.55. The minimum absolute atomic E-state index is 0.101. The summed E-state index contributed by atoms with van der Waals surface area (Å²) in [7, 11) is 0. The van der Waals surface area contributed by atoms with Crippen molar-refractivity contribution in [3.8, 4) is 0 Å². The predicted octanol–water partition coefficient (Wildman–Crippen LogP) is 2.23. The van der Waals surface area contributed by atoms with Crippen LogP contribution in [0.5, 0.6) is 0 Å². The molecular weight excluding hydrogens is 276 g/mol. The summed E-state index contributed by atoms with van der Waals surface area (Å²) < 4.78 is 1.53. The monoisotopic (exact) mass is 298 g/mol. The van der Waals surface area contributed by atoms with E-state index in [4.69, 9.17) is 5.11 Å². The molecule has 21 heavy (non-hydrogen) atoms. The van der Waals surface area contributed by atoms with E-state index in [1.165, 1.54) is 9.58 Å². The fourth-order valence-corrected chi connectivity index (χ4v) is 2.23. The first-order valence-corrected chi connectivity index (χ1v) is 6.85. The highest BCUT2D eigenvalue weighted by molar-refractivity contribution is 5.75. The fraction of sp³-hybridized carbons (Fsp3) is 0.692. The van der Waals surface area contributed by atoms with Crippen molar-refractivity contribution in [1.82, 2.24) is 9.78 Å². The molecule has 0 saturated carbocycles. The van der Waals surface area contributed by atoms with Crippen LogP contribution in [0.2, 0.25) is 0 Å². The Kier molecular flexibility index (Phi) is 5.28. The number of nitro groups is 1. The van der Waals surface area contributed by atoms with E-state index >= 15 is 0 Å². The molecule has 8 nitrogen and oxygen atoms in total. The molecule has 8 heteroatoms. The quantitative estimate of drug-likeness (QED) is 0.611. The van der Waals surface area contributed by atoms with Gasteiger partial charge in [-0.3, -0.25) is 14.9 Å². The molecule has 0 aliphatic rings. The van der Waals surface area contributed by atoms with Gasteiger partial charge in [-0.05, 0) is 26.7 Å². The van der Waals surface area contributed by atoms with Crippen molar-refractivity contribution in [1.29, 1.82) is 0 Å². The van der Waals surface area contributed by atoms with Gasteiger partial charge in [-0.25, -0.2) is 4.68 Å². The van der Waals surface area contributed by atoms with E-state index in [1.54, 1.807) is 6.92 Å². The molecule has 0 aromatic carbocycles. The van der Waals surface area contributed by atoms with Crippen molar-refractivity contribution in [2.24, 2.45) is 5.92 Å². The van der Waals surface area contributed by atoms with E-state index in [0.29, 0.717) is 12.2 Å². The standard InChI is InChI=1S/C13H22N4O4/c1-8(2)6-15(7-11(18)19)13-12(17(20)21)10(5)14-16(13)9(3)4/h8-9H,6-7H2,1-5H3,(H,18,19). The van der Waals surface area contributed by atoms with Crippen molar-refractivity contribution in [3.63, 3.8) is 0 Å². The molecule has 0 saturated heterocycles. The van der Waals surface area contributed by atoms with Crippen molar-refractivity contribution >= 4 is 17.5 Å². The Morgan fingerprint density at radius 1 is 1.43 bits per heavy atom. The molecular formula is C13H22N4O4. The summed E-state index contributed by atoms with van der Waals surface area (Å²) in [5.41, 5.74) is 0.174. The fourth-order valence-electron chi connectivity index (χ4n) is 2.23. The molecule has 0 aliphatic heterocycles. The number of hydrogen-bond donors (Lipinski definition) is 1. The predicted molar refractivity (Wildman–Crippen MR) is 78.7 cm³/mol. The van der Waals surface area contributed by atoms with Crippen LogP contribution in [0.25, 0.3) is 0 Å². The van der Waals surface area contributed by atoms with Crippen LogP contribution in [0.15, 0.2) is 0 Å². The third-order valence-corrected chi connectivity index (χ3v) is 2.91. The summed E-state index contributed by atoms with van der Waals surface area (Å²) >= 11 is 0. The van der Waals surface area contributed by atoms with E-state index in [1.807, 2.05) is 27.7 Å². The second-order valence-electron chi connectivity index (χ2n) is 5.72. The Hall–Kier alpha value is -2.12. The molecule has 0 aliphatic carbocycles. The number of aryl methyl sites for hydroxylation is 1. The van der Waals surface area contributed by atoms with E-state index < -0.39 is 10.9 Å². The summed E-state index contributed by atoms with van der Waals surface area (Å²) in [6.07, 6.45) is 0. The second-order valence-corrected chi connectivity index (χ2v) is 5.72. The molecule has 0 spiro atoms. The number of carboxylic acid groups (broad SMARTS) is 1. The average molecular weight is 298 g/mol. The molecule has 1 rings (SSSR count). The van der Waals surface area contributed by atoms with E-state index in [9.17, 15) is 14.9 Å². The number of carboxylic acids is 1. The maximum absolute atomic E-state index is 11.3. The van der Waals surface area contributed by atoms with Crippen LogP contribution in [0.3, 0.4) is 0 Å². The minimum atomic E-state index is -1.03. The molecule has 0 unspecified atom stereocenters. The van der Waals surface area contributed by atoms with Crippen LogP contribution in [0, 0.1) is 23.0 Å². The van der Waals surface area contributed by atoms with Gasteiger partial charge >= 0.3 is 11.7 Å². The first-order valence-electron chi connectivity index (χ1n) is 6.85. The molecule has 0 amide bonds. The van der Waals surface area contributed by atoms with Gasteiger partial charge in [0.25, 0.3) is 0 Å². The highest BCUT2D eigenvalue weighted by Gasteiger charge is 2.31. The van der Waals surface area contributed by atoms with Gasteiger partial charge in [0.15, 0.2) is 0 Å². The van der Waals surface area contributed by atoms with E-state index in [-0.39, 0.29) is 30.0 Å². The van der Waals surface area contributed by atoms with Gasteiger partial charge in [-0.2, -0.15) is 5.10 Å². The largest absolute Gasteiger partial charge is 0.480 e. The summed E-state index contributed by atoms with van der Waals surface area (Å²) in [6, 6.07) is -0.101. The van der Waals surface area contributed by atoms with Crippen LogP contribution in [-0.4, -0.2) is 38.9 Å². The summed E-state index contributed by atoms with van der Waals surface area (Å²) in [5.74, 6) is -0.595. The number of carbonyl (C=O) groups is 1. The third-order valence-electron chi connectivity index (χ3n) is 2.91. The van der Waals surface area contributed by atoms with Crippen molar-refractivity contribution in [3.05, 3.63) is 15.8 Å². The molecule has 0 radical (unpaired) electrons. The van der Waals surface area contributed by atoms with Gasteiger partial charge < -0.3 is 10.0 Å². The van der Waals surface area contributed by atoms with Crippen LogP contribution >= 0.6 is 0 Å². The number of rotatable bonds is 7. The van der Waals surface area contributed by atoms with Crippen LogP contribution in [0.4, 0.5) is 11.5 Å². The molecule has 1 aromatic heterocycles. The Bertz CT molecular complexity index is 537. The van der Waals surface area contributed by atoms with Gasteiger partial charge in [0.2, 0.25) is 5.82 Å². The average Bonchev–Trinajstić information content (AvgIpc) is 2.64. The number of nitrogens with zero attached hydrogens (tertiary/aromatic N) is 4. The van der Waals surface area contributed by atoms with Crippen molar-refractivity contribution < 1.29 is 14.8 Å². The maximum atomic E-state index is 11.3. The van der Waals surface area contributed by atoms with Gasteiger partial charge in [-0.15, -0.1) is 0 Å². The molecule has 1 aromatic rings. The summed E-state index contributed by atoms with van der Waals surface area (Å²) in [5, 5.41) is 24.6. The lowest BCUT2D eigenvalue weighted by atomic mass is 10.2. The van der Waals surface area contributed by atoms with E-state index in [0.717, 1.165) is 0 Å². The van der Waals surface area contributed by atoms with Gasteiger partial charge in [0.05, 0.1) is 4.92 Å². The van der Waals surface area contributed by atoms with Crippen LogP contribution in [0.1, 0.15) is 39.4 Å². The smallest absolute Gasteiger partial charge is 0.333 e. The molecule has 1 heterocycles. The van der Waals surface area contributed by atoms with Gasteiger partial charge in [-0.1, -0.05) is 13.8 Å². The van der Waals surface area contributed by atoms with Gasteiger partial charge in [0, 0.05) is 12.6 Å². The lowest BCUT2D eigenvalue weighted by Crippen LogP contribution is -2.35. The van der Waals surface area contributed by atoms with Crippen LogP contribution in [-0.2, 0) is 4.79 Å². The summed E-state index contributed by atoms with van der Waals surface area (Å²) in [4.78, 5) is 23.4. The van der Waals surface area contributed by atoms with Crippen molar-refractivity contribution in [2.45, 2.75) is 40.7 Å². The minimum Gasteiger partial charge on any atom is -0.480 e. The summed E-state index contributed by atoms with van der Waals surface area (Å²) in [6.45, 7) is 9.26. The zero-order valence-corrected chi connectivity index (χ0v) is 13.0. The lowest BCUT2D eigenvalue weighted by Gasteiger charge is -2.25. The number of anilines is 1. The highest BCUT2D eigenvalue weighted by Crippen LogP contribution is 2.34. The topological polar surface area (TPSA) is 102 Å². The molecule has 0 fully saturated rings. The normalized spacial score (nSPS) is 11.2. The maximum Gasteiger partial charge on any atom is 0.333 e. The molecule has 0 bridgehead atoms. The SMILES string of the molecule is Cc1nn(C(C)C)c(N(CC(=O)O)CC(C)C)c1[N+](=O)[O-]. The van der Waals surface area contributed by atoms with Crippen LogP contribution < -0.4 is 4.90 Å². The Morgan fingerprint density at radius 2 is 2.00 bits per heavy atom. The van der Waals surface area contributed by atoms with E-state index in [2.05, 4.69) is 5.10 Å². The molecule has 1 N–H and O–H groups in total. The lowest BCUT2D eigenvalue weighted by molar-refractivity contribution is -0.384. The Labute approximate surface area is 123 Å². The number of aromatic nitrogens is 2. The Morgan fingerprint density at radius 3 is 2.38 bits per heavy atom. The first kappa shape index (κ1) is 16.9. The first-order chi connectivity index (χ1) is 9.65. The molecule has 118 valence electrons. The van der Waals surface area contributed by atoms with Gasteiger partial charge in [0.1, 0.15) is 12.2 Å². The Balaban J connectivity index is 3.45. The van der Waals surface area contributed by atoms with Crippen molar-refractivity contribution in [2.75, 3.05) is 18.0 Å². The number of hydrogen-bond acceptors (Lipinski definition) is 5. The zero-order chi connectivity index (χ0) is 16.3. The zero-order valence-electron chi connectivity index (χ0n) is 13.0.